The van der Waals surface area contributed by atoms with Crippen molar-refractivity contribution in [2.24, 2.45) is 0 Å². The van der Waals surface area contributed by atoms with Crippen molar-refractivity contribution in [2.45, 2.75) is 44.7 Å². The highest BCUT2D eigenvalue weighted by Gasteiger charge is 2.20. The number of carboxylic acid groups (broad SMARTS) is 1. The third kappa shape index (κ3) is 5.75. The fourth-order valence-electron chi connectivity index (χ4n) is 2.32. The number of likely N-dealkylation sites (tertiary alicyclic amines) is 1. The van der Waals surface area contributed by atoms with Gasteiger partial charge in [-0.15, -0.1) is 0 Å². The Balaban J connectivity index is 2.28. The Morgan fingerprint density at radius 3 is 2.45 bits per heavy atom. The van der Waals surface area contributed by atoms with Gasteiger partial charge in [0.15, 0.2) is 0 Å². The molecule has 0 radical (unpaired) electrons. The number of hydrogen-bond donors (Lipinski definition) is 4. The maximum Gasteiger partial charge on any atom is 0.326 e. The zero-order valence-electron chi connectivity index (χ0n) is 12.0. The molecule has 7 heteroatoms. The van der Waals surface area contributed by atoms with Crippen LogP contribution in [-0.4, -0.2) is 65.4 Å². The SMILES string of the molecule is CC(CNC(=O)N[C@@H](CCO)C(=O)O)N1CCCCC1. The molecule has 2 amide bonds. The van der Waals surface area contributed by atoms with Gasteiger partial charge in [-0.2, -0.15) is 0 Å². The van der Waals surface area contributed by atoms with Crippen LogP contribution in [0.5, 0.6) is 0 Å². The predicted molar refractivity (Wildman–Crippen MR) is 74.5 cm³/mol. The van der Waals surface area contributed by atoms with Crippen molar-refractivity contribution >= 4 is 12.0 Å². The molecular formula is C13H25N3O4. The standard InChI is InChI=1S/C13H25N3O4/c1-10(16-6-3-2-4-7-16)9-14-13(20)15-11(5-8-17)12(18)19/h10-11,17H,2-9H2,1H3,(H,18,19)(H2,14,15,20)/t10?,11-/m0/s1. The summed E-state index contributed by atoms with van der Waals surface area (Å²) in [5.41, 5.74) is 0. The van der Waals surface area contributed by atoms with Gasteiger partial charge < -0.3 is 20.8 Å². The number of carboxylic acids is 1. The molecule has 4 N–H and O–H groups in total. The van der Waals surface area contributed by atoms with Crippen LogP contribution in [-0.2, 0) is 4.79 Å². The summed E-state index contributed by atoms with van der Waals surface area (Å²) < 4.78 is 0. The van der Waals surface area contributed by atoms with Crippen LogP contribution in [0.3, 0.4) is 0 Å². The lowest BCUT2D eigenvalue weighted by Gasteiger charge is -2.32. The van der Waals surface area contributed by atoms with Gasteiger partial charge in [0.25, 0.3) is 0 Å². The van der Waals surface area contributed by atoms with Crippen molar-refractivity contribution in [3.05, 3.63) is 0 Å². The molecule has 1 fully saturated rings. The first-order valence-electron chi connectivity index (χ1n) is 7.16. The van der Waals surface area contributed by atoms with Gasteiger partial charge in [-0.25, -0.2) is 9.59 Å². The molecule has 0 aromatic carbocycles. The first-order chi connectivity index (χ1) is 9.54. The first kappa shape index (κ1) is 16.7. The van der Waals surface area contributed by atoms with Crippen LogP contribution in [0.4, 0.5) is 4.79 Å². The van der Waals surface area contributed by atoms with Gasteiger partial charge in [0.1, 0.15) is 6.04 Å². The average molecular weight is 287 g/mol. The van der Waals surface area contributed by atoms with Gasteiger partial charge in [-0.05, 0) is 32.9 Å². The third-order valence-electron chi connectivity index (χ3n) is 3.59. The fourth-order valence-corrected chi connectivity index (χ4v) is 2.32. The summed E-state index contributed by atoms with van der Waals surface area (Å²) in [5, 5.41) is 22.7. The second-order valence-electron chi connectivity index (χ2n) is 5.20. The predicted octanol–water partition coefficient (Wildman–Crippen LogP) is -0.00440. The molecule has 0 aliphatic carbocycles. The van der Waals surface area contributed by atoms with Crippen LogP contribution in [0.2, 0.25) is 0 Å². The molecule has 0 bridgehead atoms. The zero-order chi connectivity index (χ0) is 15.0. The van der Waals surface area contributed by atoms with Crippen LogP contribution >= 0.6 is 0 Å². The zero-order valence-corrected chi connectivity index (χ0v) is 12.0. The summed E-state index contributed by atoms with van der Waals surface area (Å²) in [6, 6.07) is -1.32. The molecule has 1 heterocycles. The lowest BCUT2D eigenvalue weighted by Crippen LogP contribution is -2.50. The summed E-state index contributed by atoms with van der Waals surface area (Å²) in [4.78, 5) is 24.8. The molecule has 1 saturated heterocycles. The van der Waals surface area contributed by atoms with Crippen LogP contribution in [0.1, 0.15) is 32.6 Å². The molecule has 1 unspecified atom stereocenters. The van der Waals surface area contributed by atoms with Crippen LogP contribution < -0.4 is 10.6 Å². The number of amides is 2. The maximum absolute atomic E-state index is 11.6. The Morgan fingerprint density at radius 2 is 1.90 bits per heavy atom. The number of carbonyl (C=O) groups excluding carboxylic acids is 1. The Hall–Kier alpha value is -1.34. The number of aliphatic carboxylic acids is 1. The number of piperidine rings is 1. The second-order valence-corrected chi connectivity index (χ2v) is 5.20. The van der Waals surface area contributed by atoms with E-state index >= 15 is 0 Å². The van der Waals surface area contributed by atoms with E-state index in [1.54, 1.807) is 0 Å². The third-order valence-corrected chi connectivity index (χ3v) is 3.59. The van der Waals surface area contributed by atoms with Crippen LogP contribution in [0.25, 0.3) is 0 Å². The van der Waals surface area contributed by atoms with Crippen molar-refractivity contribution < 1.29 is 19.8 Å². The Morgan fingerprint density at radius 1 is 1.25 bits per heavy atom. The van der Waals surface area contributed by atoms with E-state index in [2.05, 4.69) is 15.5 Å². The molecule has 1 aliphatic rings. The van der Waals surface area contributed by atoms with Crippen LogP contribution in [0.15, 0.2) is 0 Å². The quantitative estimate of drug-likeness (QED) is 0.528. The minimum Gasteiger partial charge on any atom is -0.480 e. The minimum absolute atomic E-state index is 0.00440. The molecule has 116 valence electrons. The monoisotopic (exact) mass is 287 g/mol. The van der Waals surface area contributed by atoms with E-state index in [1.165, 1.54) is 19.3 Å². The molecule has 1 aliphatic heterocycles. The number of carbonyl (C=O) groups is 2. The van der Waals surface area contributed by atoms with Crippen LogP contribution in [0, 0.1) is 0 Å². The molecule has 0 saturated carbocycles. The lowest BCUT2D eigenvalue weighted by atomic mass is 10.1. The Labute approximate surface area is 119 Å². The van der Waals surface area contributed by atoms with Gasteiger partial charge in [0, 0.05) is 25.6 Å². The van der Waals surface area contributed by atoms with E-state index in [1.807, 2.05) is 6.92 Å². The number of nitrogens with one attached hydrogen (secondary N) is 2. The Kier molecular flexibility index (Phi) is 7.32. The number of rotatable bonds is 7. The Bertz CT molecular complexity index is 319. The number of aliphatic hydroxyl groups excluding tert-OH is 1. The molecule has 1 rings (SSSR count). The minimum atomic E-state index is -1.14. The lowest BCUT2D eigenvalue weighted by molar-refractivity contribution is -0.139. The molecule has 2 atom stereocenters. The number of aliphatic hydroxyl groups is 1. The van der Waals surface area contributed by atoms with Gasteiger partial charge in [-0.1, -0.05) is 6.42 Å². The summed E-state index contributed by atoms with van der Waals surface area (Å²) in [5.74, 6) is -1.14. The largest absolute Gasteiger partial charge is 0.480 e. The smallest absolute Gasteiger partial charge is 0.326 e. The molecule has 0 aromatic heterocycles. The van der Waals surface area contributed by atoms with Crippen molar-refractivity contribution in [2.75, 3.05) is 26.2 Å². The first-order valence-corrected chi connectivity index (χ1v) is 7.16. The number of urea groups is 1. The number of hydrogen-bond acceptors (Lipinski definition) is 4. The van der Waals surface area contributed by atoms with E-state index in [9.17, 15) is 9.59 Å². The highest BCUT2D eigenvalue weighted by molar-refractivity contribution is 5.82. The van der Waals surface area contributed by atoms with E-state index in [-0.39, 0.29) is 19.1 Å². The van der Waals surface area contributed by atoms with Crippen molar-refractivity contribution in [1.82, 2.24) is 15.5 Å². The summed E-state index contributed by atoms with van der Waals surface area (Å²) in [6.45, 7) is 4.35. The van der Waals surface area contributed by atoms with E-state index in [0.29, 0.717) is 6.54 Å². The van der Waals surface area contributed by atoms with E-state index in [4.69, 9.17) is 10.2 Å². The van der Waals surface area contributed by atoms with Gasteiger partial charge in [0.05, 0.1) is 0 Å². The van der Waals surface area contributed by atoms with Crippen molar-refractivity contribution in [1.29, 1.82) is 0 Å². The highest BCUT2D eigenvalue weighted by atomic mass is 16.4. The normalized spacial score (nSPS) is 19.1. The maximum atomic E-state index is 11.6. The number of nitrogens with zero attached hydrogens (tertiary/aromatic N) is 1. The second kappa shape index (κ2) is 8.76. The molecule has 7 nitrogen and oxygen atoms in total. The van der Waals surface area contributed by atoms with E-state index < -0.39 is 18.0 Å². The summed E-state index contributed by atoms with van der Waals surface area (Å²) in [6.07, 6.45) is 3.64. The van der Waals surface area contributed by atoms with Gasteiger partial charge >= 0.3 is 12.0 Å². The van der Waals surface area contributed by atoms with Crippen molar-refractivity contribution in [3.63, 3.8) is 0 Å². The molecule has 20 heavy (non-hydrogen) atoms. The van der Waals surface area contributed by atoms with Gasteiger partial charge in [-0.3, -0.25) is 4.90 Å². The average Bonchev–Trinajstić information content (AvgIpc) is 2.45. The molecular weight excluding hydrogens is 262 g/mol. The van der Waals surface area contributed by atoms with E-state index in [0.717, 1.165) is 13.1 Å². The highest BCUT2D eigenvalue weighted by Crippen LogP contribution is 2.11. The van der Waals surface area contributed by atoms with Crippen molar-refractivity contribution in [3.8, 4) is 0 Å². The van der Waals surface area contributed by atoms with Gasteiger partial charge in [0.2, 0.25) is 0 Å². The summed E-state index contributed by atoms with van der Waals surface area (Å²) in [7, 11) is 0. The fraction of sp³-hybridized carbons (Fsp3) is 0.846. The summed E-state index contributed by atoms with van der Waals surface area (Å²) >= 11 is 0. The molecule has 0 spiro atoms. The topological polar surface area (TPSA) is 102 Å². The molecule has 0 aromatic rings.